The van der Waals surface area contributed by atoms with Crippen LogP contribution in [0.2, 0.25) is 0 Å². The Kier molecular flexibility index (Phi) is 6.71. The molecule has 1 aromatic heterocycles. The van der Waals surface area contributed by atoms with Gasteiger partial charge in [-0.05, 0) is 56.5 Å². The Morgan fingerprint density at radius 1 is 1.23 bits per heavy atom. The van der Waals surface area contributed by atoms with Crippen molar-refractivity contribution in [1.82, 2.24) is 15.1 Å². The van der Waals surface area contributed by atoms with Crippen molar-refractivity contribution in [2.75, 3.05) is 13.1 Å². The van der Waals surface area contributed by atoms with Crippen LogP contribution in [0, 0.1) is 5.92 Å². The van der Waals surface area contributed by atoms with Crippen LogP contribution >= 0.6 is 12.4 Å². The van der Waals surface area contributed by atoms with Crippen molar-refractivity contribution in [3.63, 3.8) is 0 Å². The van der Waals surface area contributed by atoms with Gasteiger partial charge in [0.2, 0.25) is 0 Å². The first-order valence-corrected chi connectivity index (χ1v) is 8.52. The average Bonchev–Trinajstić information content (AvgIpc) is 3.03. The topological polar surface area (TPSA) is 57.9 Å². The average molecular weight is 389 g/mol. The van der Waals surface area contributed by atoms with Crippen LogP contribution < -0.4 is 5.73 Å². The number of alkyl halides is 3. The molecule has 2 aromatic rings. The molecular weight excluding hydrogens is 365 g/mol. The third kappa shape index (κ3) is 4.78. The summed E-state index contributed by atoms with van der Waals surface area (Å²) in [6.07, 6.45) is -0.416. The van der Waals surface area contributed by atoms with Crippen molar-refractivity contribution in [1.29, 1.82) is 0 Å². The van der Waals surface area contributed by atoms with E-state index in [9.17, 15) is 13.2 Å². The lowest BCUT2D eigenvalue weighted by atomic mass is 9.91. The Hall–Kier alpha value is -1.57. The number of halogens is 4. The Bertz CT molecular complexity index is 689. The number of piperidine rings is 1. The van der Waals surface area contributed by atoms with Gasteiger partial charge in [-0.15, -0.1) is 12.4 Å². The number of nitrogens with two attached hydrogens (primary N) is 1. The van der Waals surface area contributed by atoms with E-state index in [0.29, 0.717) is 11.5 Å². The van der Waals surface area contributed by atoms with Crippen LogP contribution in [-0.4, -0.2) is 34.2 Å². The van der Waals surface area contributed by atoms with Gasteiger partial charge in [0.25, 0.3) is 0 Å². The van der Waals surface area contributed by atoms with Gasteiger partial charge in [0.15, 0.2) is 0 Å². The van der Waals surface area contributed by atoms with E-state index in [0.717, 1.165) is 55.9 Å². The van der Waals surface area contributed by atoms with Gasteiger partial charge in [0, 0.05) is 18.2 Å². The maximum Gasteiger partial charge on any atom is 0.416 e. The first-order chi connectivity index (χ1) is 11.8. The molecule has 0 bridgehead atoms. The van der Waals surface area contributed by atoms with Gasteiger partial charge in [0.1, 0.15) is 0 Å². The standard InChI is InChI=1S/C18H23F3N4.ClH/c1-12(22)13-6-8-25(9-7-13)11-15-10-23-24-17(15)14-2-4-16(5-3-14)18(19,20)21;/h2-5,10,12-13H,6-9,11,22H2,1H3,(H,23,24);1H. The van der Waals surface area contributed by atoms with Crippen molar-refractivity contribution in [3.05, 3.63) is 41.6 Å². The molecule has 1 fully saturated rings. The summed E-state index contributed by atoms with van der Waals surface area (Å²) in [5, 5.41) is 7.00. The molecule has 1 aromatic carbocycles. The van der Waals surface area contributed by atoms with Gasteiger partial charge in [-0.3, -0.25) is 10.00 Å². The summed E-state index contributed by atoms with van der Waals surface area (Å²) < 4.78 is 38.1. The summed E-state index contributed by atoms with van der Waals surface area (Å²) in [4.78, 5) is 2.34. The number of aromatic nitrogens is 2. The number of nitrogens with zero attached hydrogens (tertiary/aromatic N) is 2. The molecule has 144 valence electrons. The molecule has 4 nitrogen and oxygen atoms in total. The number of rotatable bonds is 4. The predicted octanol–water partition coefficient (Wildman–Crippen LogP) is 4.08. The predicted molar refractivity (Wildman–Crippen MR) is 97.9 cm³/mol. The first-order valence-electron chi connectivity index (χ1n) is 8.52. The lowest BCUT2D eigenvalue weighted by molar-refractivity contribution is -0.137. The fourth-order valence-corrected chi connectivity index (χ4v) is 3.38. The van der Waals surface area contributed by atoms with Gasteiger partial charge in [0.05, 0.1) is 17.5 Å². The molecule has 1 atom stereocenters. The Morgan fingerprint density at radius 3 is 2.38 bits per heavy atom. The summed E-state index contributed by atoms with van der Waals surface area (Å²) in [6, 6.07) is 5.41. The third-order valence-electron chi connectivity index (χ3n) is 4.99. The number of nitrogens with one attached hydrogen (secondary N) is 1. The number of hydrogen-bond acceptors (Lipinski definition) is 3. The van der Waals surface area contributed by atoms with E-state index in [2.05, 4.69) is 22.0 Å². The van der Waals surface area contributed by atoms with E-state index < -0.39 is 11.7 Å². The van der Waals surface area contributed by atoms with Crippen molar-refractivity contribution in [3.8, 4) is 11.3 Å². The fraction of sp³-hybridized carbons (Fsp3) is 0.500. The minimum absolute atomic E-state index is 0. The molecule has 0 saturated carbocycles. The molecule has 3 N–H and O–H groups in total. The maximum absolute atomic E-state index is 12.7. The molecule has 1 aliphatic heterocycles. The van der Waals surface area contributed by atoms with Crippen molar-refractivity contribution >= 4 is 12.4 Å². The molecule has 0 aliphatic carbocycles. The highest BCUT2D eigenvalue weighted by Gasteiger charge is 2.30. The Morgan fingerprint density at radius 2 is 1.85 bits per heavy atom. The van der Waals surface area contributed by atoms with Crippen molar-refractivity contribution in [2.24, 2.45) is 11.7 Å². The first kappa shape index (κ1) is 20.7. The van der Waals surface area contributed by atoms with E-state index in [1.165, 1.54) is 12.1 Å². The summed E-state index contributed by atoms with van der Waals surface area (Å²) in [5.74, 6) is 0.565. The van der Waals surface area contributed by atoms with Gasteiger partial charge in [-0.1, -0.05) is 12.1 Å². The molecule has 26 heavy (non-hydrogen) atoms. The highest BCUT2D eigenvalue weighted by Crippen LogP contribution is 2.31. The van der Waals surface area contributed by atoms with Crippen LogP contribution in [0.1, 0.15) is 30.9 Å². The lowest BCUT2D eigenvalue weighted by Gasteiger charge is -2.33. The highest BCUT2D eigenvalue weighted by molar-refractivity contribution is 5.85. The molecule has 8 heteroatoms. The zero-order chi connectivity index (χ0) is 18.0. The minimum Gasteiger partial charge on any atom is -0.328 e. The monoisotopic (exact) mass is 388 g/mol. The fourth-order valence-electron chi connectivity index (χ4n) is 3.38. The van der Waals surface area contributed by atoms with Crippen LogP contribution in [0.25, 0.3) is 11.3 Å². The van der Waals surface area contributed by atoms with E-state index in [1.54, 1.807) is 6.20 Å². The van der Waals surface area contributed by atoms with Crippen LogP contribution in [0.3, 0.4) is 0 Å². The second kappa shape index (κ2) is 8.41. The molecular formula is C18H24ClF3N4. The second-order valence-electron chi connectivity index (χ2n) is 6.82. The largest absolute Gasteiger partial charge is 0.416 e. The van der Waals surface area contributed by atoms with Crippen LogP contribution in [0.4, 0.5) is 13.2 Å². The summed E-state index contributed by atoms with van der Waals surface area (Å²) in [5.41, 5.74) is 7.83. The van der Waals surface area contributed by atoms with E-state index in [4.69, 9.17) is 5.73 Å². The highest BCUT2D eigenvalue weighted by atomic mass is 35.5. The molecule has 1 unspecified atom stereocenters. The van der Waals surface area contributed by atoms with E-state index in [1.807, 2.05) is 0 Å². The van der Waals surface area contributed by atoms with Gasteiger partial charge < -0.3 is 5.73 Å². The van der Waals surface area contributed by atoms with Gasteiger partial charge in [-0.25, -0.2) is 0 Å². The van der Waals surface area contributed by atoms with Gasteiger partial charge >= 0.3 is 6.18 Å². The number of hydrogen-bond donors (Lipinski definition) is 2. The quantitative estimate of drug-likeness (QED) is 0.829. The van der Waals surface area contributed by atoms with Crippen molar-refractivity contribution in [2.45, 2.75) is 38.5 Å². The number of H-pyrrole nitrogens is 1. The third-order valence-corrected chi connectivity index (χ3v) is 4.99. The molecule has 1 aliphatic rings. The number of benzene rings is 1. The normalized spacial score (nSPS) is 17.7. The molecule has 2 heterocycles. The summed E-state index contributed by atoms with van der Waals surface area (Å²) >= 11 is 0. The zero-order valence-electron chi connectivity index (χ0n) is 14.6. The SMILES string of the molecule is CC(N)C1CCN(Cc2cn[nH]c2-c2ccc(C(F)(F)F)cc2)CC1.Cl. The van der Waals surface area contributed by atoms with Crippen LogP contribution in [0.5, 0.6) is 0 Å². The molecule has 3 rings (SSSR count). The summed E-state index contributed by atoms with van der Waals surface area (Å²) in [6.45, 7) is 4.74. The zero-order valence-corrected chi connectivity index (χ0v) is 15.4. The smallest absolute Gasteiger partial charge is 0.328 e. The molecule has 1 saturated heterocycles. The molecule has 0 spiro atoms. The molecule has 0 amide bonds. The lowest BCUT2D eigenvalue weighted by Crippen LogP contribution is -2.39. The second-order valence-corrected chi connectivity index (χ2v) is 6.82. The van der Waals surface area contributed by atoms with Crippen LogP contribution in [-0.2, 0) is 12.7 Å². The van der Waals surface area contributed by atoms with E-state index in [-0.39, 0.29) is 18.4 Å². The minimum atomic E-state index is -4.32. The summed E-state index contributed by atoms with van der Waals surface area (Å²) in [7, 11) is 0. The van der Waals surface area contributed by atoms with Crippen LogP contribution in [0.15, 0.2) is 30.5 Å². The van der Waals surface area contributed by atoms with E-state index >= 15 is 0 Å². The Labute approximate surface area is 157 Å². The van der Waals surface area contributed by atoms with Crippen molar-refractivity contribution < 1.29 is 13.2 Å². The maximum atomic E-state index is 12.7. The number of likely N-dealkylation sites (tertiary alicyclic amines) is 1. The number of aromatic amines is 1. The Balaban J connectivity index is 0.00000243. The molecule has 0 radical (unpaired) electrons. The van der Waals surface area contributed by atoms with Gasteiger partial charge in [-0.2, -0.15) is 18.3 Å².